The van der Waals surface area contributed by atoms with E-state index in [1.165, 1.54) is 26.4 Å². The first-order chi connectivity index (χ1) is 9.02. The molecule has 0 aliphatic carbocycles. The third kappa shape index (κ3) is 3.07. The molecular weight excluding hydrogens is 250 g/mol. The molecule has 0 saturated heterocycles. The van der Waals surface area contributed by atoms with Crippen LogP contribution in [0, 0.1) is 19.8 Å². The molecule has 0 aliphatic rings. The van der Waals surface area contributed by atoms with E-state index in [0.29, 0.717) is 12.0 Å². The quantitative estimate of drug-likeness (QED) is 0.831. The van der Waals surface area contributed by atoms with Crippen LogP contribution in [0.1, 0.15) is 35.9 Å². The van der Waals surface area contributed by atoms with Crippen LogP contribution in [0.3, 0.4) is 0 Å². The molecule has 1 heterocycles. The summed E-state index contributed by atoms with van der Waals surface area (Å²) in [7, 11) is 2.04. The van der Waals surface area contributed by atoms with Crippen LogP contribution in [-0.4, -0.2) is 7.05 Å². The highest BCUT2D eigenvalue weighted by molar-refractivity contribution is 7.15. The van der Waals surface area contributed by atoms with Gasteiger partial charge in [0.15, 0.2) is 0 Å². The lowest BCUT2D eigenvalue weighted by molar-refractivity contribution is 0.449. The fourth-order valence-corrected chi connectivity index (χ4v) is 3.66. The van der Waals surface area contributed by atoms with E-state index in [4.69, 9.17) is 0 Å². The van der Waals surface area contributed by atoms with Crippen molar-refractivity contribution in [1.29, 1.82) is 0 Å². The molecule has 1 atom stereocenters. The lowest BCUT2D eigenvalue weighted by atomic mass is 10.0. The summed E-state index contributed by atoms with van der Waals surface area (Å²) >= 11 is 1.90. The molecule has 1 N–H and O–H groups in total. The summed E-state index contributed by atoms with van der Waals surface area (Å²) in [5.74, 6) is 0.608. The maximum atomic E-state index is 3.41. The third-order valence-corrected chi connectivity index (χ3v) is 4.92. The molecule has 0 saturated carbocycles. The fraction of sp³-hybridized carbons (Fsp3) is 0.412. The molecular formula is C17H23NS. The van der Waals surface area contributed by atoms with Crippen molar-refractivity contribution < 1.29 is 0 Å². The zero-order valence-electron chi connectivity index (χ0n) is 12.4. The Morgan fingerprint density at radius 1 is 1.00 bits per heavy atom. The highest BCUT2D eigenvalue weighted by atomic mass is 32.1. The number of benzene rings is 1. The number of nitrogens with one attached hydrogen (secondary N) is 1. The van der Waals surface area contributed by atoms with E-state index >= 15 is 0 Å². The van der Waals surface area contributed by atoms with E-state index in [-0.39, 0.29) is 0 Å². The maximum Gasteiger partial charge on any atom is 0.0435 e. The minimum atomic E-state index is 0.449. The number of hydrogen-bond donors (Lipinski definition) is 1. The monoisotopic (exact) mass is 273 g/mol. The fourth-order valence-electron chi connectivity index (χ4n) is 2.37. The van der Waals surface area contributed by atoms with Gasteiger partial charge >= 0.3 is 0 Å². The van der Waals surface area contributed by atoms with Gasteiger partial charge in [-0.3, -0.25) is 0 Å². The Bertz CT molecular complexity index is 554. The minimum absolute atomic E-state index is 0.449. The summed E-state index contributed by atoms with van der Waals surface area (Å²) in [5.41, 5.74) is 4.05. The van der Waals surface area contributed by atoms with Crippen LogP contribution < -0.4 is 5.32 Å². The van der Waals surface area contributed by atoms with Crippen molar-refractivity contribution in [2.75, 3.05) is 7.05 Å². The van der Waals surface area contributed by atoms with E-state index in [1.54, 1.807) is 0 Å². The molecule has 0 fully saturated rings. The average molecular weight is 273 g/mol. The van der Waals surface area contributed by atoms with Crippen LogP contribution in [0.5, 0.6) is 0 Å². The third-order valence-electron chi connectivity index (χ3n) is 3.70. The highest BCUT2D eigenvalue weighted by Gasteiger charge is 2.16. The lowest BCUT2D eigenvalue weighted by Gasteiger charge is -2.18. The summed E-state index contributed by atoms with van der Waals surface area (Å²) in [5, 5.41) is 3.41. The number of thiophene rings is 1. The normalized spacial score (nSPS) is 12.9. The van der Waals surface area contributed by atoms with Crippen LogP contribution >= 0.6 is 11.3 Å². The molecule has 0 amide bonds. The molecule has 2 heteroatoms. The number of hydrogen-bond acceptors (Lipinski definition) is 2. The van der Waals surface area contributed by atoms with Crippen LogP contribution in [0.25, 0.3) is 10.4 Å². The first-order valence-electron chi connectivity index (χ1n) is 6.87. The van der Waals surface area contributed by atoms with Crippen LogP contribution in [0.2, 0.25) is 0 Å². The van der Waals surface area contributed by atoms with E-state index in [9.17, 15) is 0 Å². The predicted octanol–water partition coefficient (Wildman–Crippen LogP) is 4.95. The standard InChI is InChI=1S/C17H23NS/c1-11(2)17(18-5)16-9-8-15(19-16)14-7-6-12(3)13(4)10-14/h6-11,17-18H,1-5H3. The summed E-state index contributed by atoms with van der Waals surface area (Å²) in [6.45, 7) is 8.86. The van der Waals surface area contributed by atoms with Gasteiger partial charge in [-0.25, -0.2) is 0 Å². The second-order valence-corrected chi connectivity index (χ2v) is 6.63. The largest absolute Gasteiger partial charge is 0.312 e. The molecule has 102 valence electrons. The second-order valence-electron chi connectivity index (χ2n) is 5.51. The van der Waals surface area contributed by atoms with E-state index < -0.39 is 0 Å². The molecule has 0 aliphatic heterocycles. The Morgan fingerprint density at radius 2 is 1.74 bits per heavy atom. The van der Waals surface area contributed by atoms with Crippen molar-refractivity contribution in [3.8, 4) is 10.4 Å². The van der Waals surface area contributed by atoms with Crippen molar-refractivity contribution in [2.24, 2.45) is 5.92 Å². The molecule has 1 aromatic heterocycles. The van der Waals surface area contributed by atoms with Crippen LogP contribution in [-0.2, 0) is 0 Å². The SMILES string of the molecule is CNC(c1ccc(-c2ccc(C)c(C)c2)s1)C(C)C. The Kier molecular flexibility index (Phi) is 4.43. The number of rotatable bonds is 4. The van der Waals surface area contributed by atoms with Crippen molar-refractivity contribution in [1.82, 2.24) is 5.32 Å². The summed E-state index contributed by atoms with van der Waals surface area (Å²) in [4.78, 5) is 2.78. The molecule has 1 aromatic carbocycles. The zero-order chi connectivity index (χ0) is 14.0. The Labute approximate surface area is 120 Å². The van der Waals surface area contributed by atoms with E-state index in [0.717, 1.165) is 0 Å². The van der Waals surface area contributed by atoms with Gasteiger partial charge in [-0.05, 0) is 55.6 Å². The van der Waals surface area contributed by atoms with E-state index in [1.807, 2.05) is 18.4 Å². The Morgan fingerprint density at radius 3 is 2.32 bits per heavy atom. The molecule has 0 spiro atoms. The maximum absolute atomic E-state index is 3.41. The van der Waals surface area contributed by atoms with Crippen LogP contribution in [0.4, 0.5) is 0 Å². The minimum Gasteiger partial charge on any atom is -0.312 e. The van der Waals surface area contributed by atoms with Gasteiger partial charge in [-0.2, -0.15) is 0 Å². The smallest absolute Gasteiger partial charge is 0.0435 e. The molecule has 0 bridgehead atoms. The van der Waals surface area contributed by atoms with Crippen molar-refractivity contribution in [3.05, 3.63) is 46.3 Å². The molecule has 1 nitrogen and oxygen atoms in total. The first kappa shape index (κ1) is 14.3. The van der Waals surface area contributed by atoms with Gasteiger partial charge in [0.05, 0.1) is 0 Å². The van der Waals surface area contributed by atoms with Gasteiger partial charge in [0.2, 0.25) is 0 Å². The van der Waals surface area contributed by atoms with Gasteiger partial charge in [0.25, 0.3) is 0 Å². The van der Waals surface area contributed by atoms with Gasteiger partial charge in [-0.15, -0.1) is 11.3 Å². The molecule has 19 heavy (non-hydrogen) atoms. The van der Waals surface area contributed by atoms with Crippen molar-refractivity contribution >= 4 is 11.3 Å². The second kappa shape index (κ2) is 5.89. The topological polar surface area (TPSA) is 12.0 Å². The molecule has 0 radical (unpaired) electrons. The van der Waals surface area contributed by atoms with Gasteiger partial charge in [0, 0.05) is 15.8 Å². The first-order valence-corrected chi connectivity index (χ1v) is 7.69. The highest BCUT2D eigenvalue weighted by Crippen LogP contribution is 2.34. The predicted molar refractivity (Wildman–Crippen MR) is 85.9 cm³/mol. The van der Waals surface area contributed by atoms with Crippen LogP contribution in [0.15, 0.2) is 30.3 Å². The van der Waals surface area contributed by atoms with Crippen molar-refractivity contribution in [2.45, 2.75) is 33.7 Å². The van der Waals surface area contributed by atoms with Gasteiger partial charge in [0.1, 0.15) is 0 Å². The zero-order valence-corrected chi connectivity index (χ0v) is 13.3. The Balaban J connectivity index is 2.32. The molecule has 2 aromatic rings. The van der Waals surface area contributed by atoms with Gasteiger partial charge < -0.3 is 5.32 Å². The molecule has 2 rings (SSSR count). The summed E-state index contributed by atoms with van der Waals surface area (Å²) in [6, 6.07) is 11.7. The summed E-state index contributed by atoms with van der Waals surface area (Å²) < 4.78 is 0. The molecule has 1 unspecified atom stereocenters. The average Bonchev–Trinajstić information content (AvgIpc) is 2.82. The summed E-state index contributed by atoms with van der Waals surface area (Å²) in [6.07, 6.45) is 0. The van der Waals surface area contributed by atoms with E-state index in [2.05, 4.69) is 63.3 Å². The Hall–Kier alpha value is -1.12. The number of aryl methyl sites for hydroxylation is 2. The van der Waals surface area contributed by atoms with Crippen molar-refractivity contribution in [3.63, 3.8) is 0 Å². The lowest BCUT2D eigenvalue weighted by Crippen LogP contribution is -2.20. The van der Waals surface area contributed by atoms with Gasteiger partial charge in [-0.1, -0.05) is 32.0 Å².